The first-order valence-electron chi connectivity index (χ1n) is 6.08. The minimum atomic E-state index is 0.379. The Labute approximate surface area is 113 Å². The third kappa shape index (κ3) is 4.09. The van der Waals surface area contributed by atoms with E-state index in [0.29, 0.717) is 5.92 Å². The number of rotatable bonds is 6. The molecule has 1 unspecified atom stereocenters. The minimum Gasteiger partial charge on any atom is -0.493 e. The van der Waals surface area contributed by atoms with E-state index in [-0.39, 0.29) is 0 Å². The molecule has 2 heteroatoms. The van der Waals surface area contributed by atoms with Crippen LogP contribution in [0.25, 0.3) is 0 Å². The van der Waals surface area contributed by atoms with Crippen molar-refractivity contribution in [2.45, 2.75) is 39.0 Å². The third-order valence-electron chi connectivity index (χ3n) is 2.73. The first-order chi connectivity index (χ1) is 8.22. The SMILES string of the molecule is C#CCC(CC)c1cc(Br)ccc1OCCC. The van der Waals surface area contributed by atoms with Crippen molar-refractivity contribution >= 4 is 15.9 Å². The fraction of sp³-hybridized carbons (Fsp3) is 0.467. The van der Waals surface area contributed by atoms with Gasteiger partial charge in [-0.05, 0) is 42.5 Å². The maximum Gasteiger partial charge on any atom is 0.122 e. The Bertz CT molecular complexity index is 392. The second-order valence-corrected chi connectivity index (χ2v) is 4.96. The normalized spacial score (nSPS) is 11.9. The lowest BCUT2D eigenvalue weighted by Gasteiger charge is -2.17. The molecule has 0 amide bonds. The summed E-state index contributed by atoms with van der Waals surface area (Å²) in [4.78, 5) is 0. The van der Waals surface area contributed by atoms with Gasteiger partial charge in [-0.2, -0.15) is 0 Å². The molecule has 0 radical (unpaired) electrons. The monoisotopic (exact) mass is 294 g/mol. The zero-order chi connectivity index (χ0) is 12.7. The maximum atomic E-state index is 5.78. The van der Waals surface area contributed by atoms with E-state index in [2.05, 4.69) is 41.8 Å². The lowest BCUT2D eigenvalue weighted by Crippen LogP contribution is -2.03. The molecule has 1 nitrogen and oxygen atoms in total. The van der Waals surface area contributed by atoms with E-state index in [1.807, 2.05) is 12.1 Å². The van der Waals surface area contributed by atoms with E-state index in [0.717, 1.165) is 36.1 Å². The van der Waals surface area contributed by atoms with Gasteiger partial charge in [0.1, 0.15) is 5.75 Å². The topological polar surface area (TPSA) is 9.23 Å². The highest BCUT2D eigenvalue weighted by molar-refractivity contribution is 9.10. The minimum absolute atomic E-state index is 0.379. The number of halogens is 1. The Balaban J connectivity index is 3.00. The van der Waals surface area contributed by atoms with E-state index in [1.54, 1.807) is 0 Å². The Hall–Kier alpha value is -0.940. The Morgan fingerprint density at radius 3 is 2.76 bits per heavy atom. The lowest BCUT2D eigenvalue weighted by atomic mass is 9.93. The smallest absolute Gasteiger partial charge is 0.122 e. The van der Waals surface area contributed by atoms with Crippen LogP contribution >= 0.6 is 15.9 Å². The van der Waals surface area contributed by atoms with Crippen LogP contribution in [0, 0.1) is 12.3 Å². The van der Waals surface area contributed by atoms with Gasteiger partial charge in [-0.25, -0.2) is 0 Å². The zero-order valence-corrected chi connectivity index (χ0v) is 12.1. The summed E-state index contributed by atoms with van der Waals surface area (Å²) in [5.74, 6) is 4.10. The first kappa shape index (κ1) is 14.1. The molecule has 1 atom stereocenters. The average Bonchev–Trinajstić information content (AvgIpc) is 2.34. The van der Waals surface area contributed by atoms with Crippen LogP contribution in [-0.2, 0) is 0 Å². The number of terminal acetylenes is 1. The van der Waals surface area contributed by atoms with Crippen molar-refractivity contribution in [1.29, 1.82) is 0 Å². The van der Waals surface area contributed by atoms with Crippen LogP contribution in [0.3, 0.4) is 0 Å². The third-order valence-corrected chi connectivity index (χ3v) is 3.22. The second kappa shape index (κ2) is 7.40. The van der Waals surface area contributed by atoms with Crippen LogP contribution in [0.4, 0.5) is 0 Å². The number of hydrogen-bond acceptors (Lipinski definition) is 1. The molecule has 0 saturated heterocycles. The van der Waals surface area contributed by atoms with E-state index >= 15 is 0 Å². The molecule has 0 bridgehead atoms. The molecule has 1 aromatic rings. The van der Waals surface area contributed by atoms with Crippen molar-refractivity contribution in [1.82, 2.24) is 0 Å². The van der Waals surface area contributed by atoms with Crippen molar-refractivity contribution in [3.8, 4) is 18.1 Å². The summed E-state index contributed by atoms with van der Waals surface area (Å²) >= 11 is 3.51. The zero-order valence-electron chi connectivity index (χ0n) is 10.5. The van der Waals surface area contributed by atoms with Gasteiger partial charge in [0.25, 0.3) is 0 Å². The average molecular weight is 295 g/mol. The van der Waals surface area contributed by atoms with Crippen LogP contribution in [0.2, 0.25) is 0 Å². The largest absolute Gasteiger partial charge is 0.493 e. The van der Waals surface area contributed by atoms with Gasteiger partial charge in [-0.15, -0.1) is 12.3 Å². The number of hydrogen-bond donors (Lipinski definition) is 0. The molecule has 0 aliphatic rings. The Kier molecular flexibility index (Phi) is 6.15. The summed E-state index contributed by atoms with van der Waals surface area (Å²) in [6.45, 7) is 5.02. The predicted octanol–water partition coefficient (Wildman–Crippen LogP) is 4.75. The standard InChI is InChI=1S/C15H19BrO/c1-4-7-12(6-3)14-11-13(16)8-9-15(14)17-10-5-2/h1,8-9,11-12H,5-7,10H2,2-3H3. The molecule has 0 heterocycles. The van der Waals surface area contributed by atoms with Crippen molar-refractivity contribution in [3.05, 3.63) is 28.2 Å². The fourth-order valence-corrected chi connectivity index (χ4v) is 2.18. The highest BCUT2D eigenvalue weighted by Crippen LogP contribution is 2.33. The molecular formula is C15H19BrO. The molecule has 0 saturated carbocycles. The summed E-state index contributed by atoms with van der Waals surface area (Å²) in [7, 11) is 0. The van der Waals surface area contributed by atoms with Crippen molar-refractivity contribution in [2.24, 2.45) is 0 Å². The quantitative estimate of drug-likeness (QED) is 0.688. The van der Waals surface area contributed by atoms with E-state index in [9.17, 15) is 0 Å². The van der Waals surface area contributed by atoms with Gasteiger partial charge in [-0.1, -0.05) is 29.8 Å². The van der Waals surface area contributed by atoms with Crippen LogP contribution < -0.4 is 4.74 Å². The molecule has 1 rings (SSSR count). The van der Waals surface area contributed by atoms with Crippen molar-refractivity contribution < 1.29 is 4.74 Å². The molecule has 17 heavy (non-hydrogen) atoms. The number of benzene rings is 1. The Morgan fingerprint density at radius 2 is 2.18 bits per heavy atom. The maximum absolute atomic E-state index is 5.78. The molecule has 0 fully saturated rings. The van der Waals surface area contributed by atoms with Crippen molar-refractivity contribution in [2.75, 3.05) is 6.61 Å². The molecule has 0 aliphatic carbocycles. The summed E-state index contributed by atoms with van der Waals surface area (Å²) in [5, 5.41) is 0. The second-order valence-electron chi connectivity index (χ2n) is 4.04. The molecule has 1 aromatic carbocycles. The molecular weight excluding hydrogens is 276 g/mol. The van der Waals surface area contributed by atoms with Gasteiger partial charge in [0, 0.05) is 10.9 Å². The van der Waals surface area contributed by atoms with Gasteiger partial charge in [-0.3, -0.25) is 0 Å². The molecule has 0 spiro atoms. The van der Waals surface area contributed by atoms with Crippen LogP contribution in [0.15, 0.2) is 22.7 Å². The summed E-state index contributed by atoms with van der Waals surface area (Å²) in [6, 6.07) is 6.15. The van der Waals surface area contributed by atoms with Gasteiger partial charge < -0.3 is 4.74 Å². The first-order valence-corrected chi connectivity index (χ1v) is 6.87. The Morgan fingerprint density at radius 1 is 1.41 bits per heavy atom. The van der Waals surface area contributed by atoms with Gasteiger partial charge in [0.2, 0.25) is 0 Å². The van der Waals surface area contributed by atoms with Crippen molar-refractivity contribution in [3.63, 3.8) is 0 Å². The van der Waals surface area contributed by atoms with E-state index in [1.165, 1.54) is 5.56 Å². The number of ether oxygens (including phenoxy) is 1. The van der Waals surface area contributed by atoms with Gasteiger partial charge >= 0.3 is 0 Å². The van der Waals surface area contributed by atoms with Gasteiger partial charge in [0.15, 0.2) is 0 Å². The molecule has 92 valence electrons. The fourth-order valence-electron chi connectivity index (χ4n) is 1.80. The molecule has 0 aliphatic heterocycles. The summed E-state index contributed by atoms with van der Waals surface area (Å²) < 4.78 is 6.86. The summed E-state index contributed by atoms with van der Waals surface area (Å²) in [5.41, 5.74) is 1.22. The van der Waals surface area contributed by atoms with Crippen LogP contribution in [0.1, 0.15) is 44.6 Å². The molecule has 0 N–H and O–H groups in total. The molecule has 0 aromatic heterocycles. The highest BCUT2D eigenvalue weighted by atomic mass is 79.9. The van der Waals surface area contributed by atoms with E-state index in [4.69, 9.17) is 11.2 Å². The predicted molar refractivity (Wildman–Crippen MR) is 76.4 cm³/mol. The van der Waals surface area contributed by atoms with E-state index < -0.39 is 0 Å². The van der Waals surface area contributed by atoms with Crippen LogP contribution in [0.5, 0.6) is 5.75 Å². The van der Waals surface area contributed by atoms with Gasteiger partial charge in [0.05, 0.1) is 6.61 Å². The van der Waals surface area contributed by atoms with Crippen LogP contribution in [-0.4, -0.2) is 6.61 Å². The summed E-state index contributed by atoms with van der Waals surface area (Å²) in [6.07, 6.45) is 8.23. The lowest BCUT2D eigenvalue weighted by molar-refractivity contribution is 0.311. The highest BCUT2D eigenvalue weighted by Gasteiger charge is 2.14.